The standard InChI is InChI=1S/C22H27N5O3/c1-13(24-21(29)30-22(2,3)4)19-25-17-8-6-7-16(14-11-23-26(5)12-14)18(17)20(28)27(19)15-9-10-15/h6-8,11-13,15H,9-10H2,1-5H3,(H,24,29)/t13-/m0/s1. The summed E-state index contributed by atoms with van der Waals surface area (Å²) in [5.74, 6) is 0.546. The van der Waals surface area contributed by atoms with Crippen molar-refractivity contribution >= 4 is 17.0 Å². The zero-order chi connectivity index (χ0) is 21.6. The van der Waals surface area contributed by atoms with Gasteiger partial charge in [-0.15, -0.1) is 0 Å². The van der Waals surface area contributed by atoms with Crippen LogP contribution in [0.15, 0.2) is 35.4 Å². The Morgan fingerprint density at radius 2 is 2.03 bits per heavy atom. The molecule has 1 aliphatic rings. The first-order valence-electron chi connectivity index (χ1n) is 10.2. The van der Waals surface area contributed by atoms with Crippen LogP contribution in [0, 0.1) is 0 Å². The third-order valence-corrected chi connectivity index (χ3v) is 5.01. The lowest BCUT2D eigenvalue weighted by Crippen LogP contribution is -2.37. The predicted octanol–water partition coefficient (Wildman–Crippen LogP) is 3.72. The highest BCUT2D eigenvalue weighted by Crippen LogP contribution is 2.36. The molecule has 1 saturated carbocycles. The van der Waals surface area contributed by atoms with Crippen LogP contribution in [0.3, 0.4) is 0 Å². The van der Waals surface area contributed by atoms with Gasteiger partial charge >= 0.3 is 6.09 Å². The number of aryl methyl sites for hydroxylation is 1. The van der Waals surface area contributed by atoms with Gasteiger partial charge in [-0.3, -0.25) is 14.0 Å². The van der Waals surface area contributed by atoms with Gasteiger partial charge in [0.1, 0.15) is 11.4 Å². The van der Waals surface area contributed by atoms with Crippen LogP contribution >= 0.6 is 0 Å². The maximum absolute atomic E-state index is 13.6. The van der Waals surface area contributed by atoms with E-state index in [1.54, 1.807) is 15.4 Å². The summed E-state index contributed by atoms with van der Waals surface area (Å²) in [5.41, 5.74) is 1.60. The van der Waals surface area contributed by atoms with Gasteiger partial charge < -0.3 is 10.1 Å². The monoisotopic (exact) mass is 409 g/mol. The lowest BCUT2D eigenvalue weighted by Gasteiger charge is -2.23. The van der Waals surface area contributed by atoms with E-state index in [0.29, 0.717) is 16.7 Å². The number of amides is 1. The van der Waals surface area contributed by atoms with E-state index in [9.17, 15) is 9.59 Å². The van der Waals surface area contributed by atoms with Gasteiger partial charge in [-0.25, -0.2) is 9.78 Å². The molecule has 1 aliphatic carbocycles. The van der Waals surface area contributed by atoms with Crippen molar-refractivity contribution in [2.45, 2.75) is 58.2 Å². The second kappa shape index (κ2) is 7.27. The maximum Gasteiger partial charge on any atom is 0.408 e. The number of aromatic nitrogens is 4. The number of ether oxygens (including phenoxy) is 1. The minimum Gasteiger partial charge on any atom is -0.444 e. The van der Waals surface area contributed by atoms with Crippen molar-refractivity contribution in [1.29, 1.82) is 0 Å². The molecule has 0 spiro atoms. The number of alkyl carbamates (subject to hydrolysis) is 1. The molecule has 1 aromatic carbocycles. The molecule has 1 fully saturated rings. The molecule has 158 valence electrons. The van der Waals surface area contributed by atoms with E-state index in [-0.39, 0.29) is 11.6 Å². The Morgan fingerprint density at radius 3 is 2.63 bits per heavy atom. The van der Waals surface area contributed by atoms with Gasteiger partial charge in [0.15, 0.2) is 0 Å². The number of carbonyl (C=O) groups excluding carboxylic acids is 1. The van der Waals surface area contributed by atoms with Gasteiger partial charge in [-0.1, -0.05) is 12.1 Å². The van der Waals surface area contributed by atoms with E-state index < -0.39 is 17.7 Å². The third-order valence-electron chi connectivity index (χ3n) is 5.01. The molecule has 0 aliphatic heterocycles. The molecule has 2 heterocycles. The molecule has 1 amide bonds. The summed E-state index contributed by atoms with van der Waals surface area (Å²) in [4.78, 5) is 30.7. The molecule has 8 nitrogen and oxygen atoms in total. The first-order chi connectivity index (χ1) is 14.1. The number of carbonyl (C=O) groups is 1. The average molecular weight is 409 g/mol. The number of hydrogen-bond donors (Lipinski definition) is 1. The van der Waals surface area contributed by atoms with Gasteiger partial charge in [-0.2, -0.15) is 5.10 Å². The zero-order valence-electron chi connectivity index (χ0n) is 18.0. The van der Waals surface area contributed by atoms with Crippen molar-refractivity contribution in [3.05, 3.63) is 46.8 Å². The summed E-state index contributed by atoms with van der Waals surface area (Å²) < 4.78 is 8.82. The topological polar surface area (TPSA) is 91.0 Å². The Hall–Kier alpha value is -3.16. The lowest BCUT2D eigenvalue weighted by atomic mass is 10.0. The Labute approximate surface area is 174 Å². The predicted molar refractivity (Wildman–Crippen MR) is 114 cm³/mol. The fourth-order valence-electron chi connectivity index (χ4n) is 3.60. The third kappa shape index (κ3) is 3.94. The van der Waals surface area contributed by atoms with Crippen LogP contribution in [-0.4, -0.2) is 31.0 Å². The van der Waals surface area contributed by atoms with E-state index in [1.165, 1.54) is 0 Å². The van der Waals surface area contributed by atoms with E-state index in [4.69, 9.17) is 9.72 Å². The van der Waals surface area contributed by atoms with Gasteiger partial charge in [0.05, 0.1) is 23.1 Å². The van der Waals surface area contributed by atoms with E-state index in [0.717, 1.165) is 24.0 Å². The largest absolute Gasteiger partial charge is 0.444 e. The number of fused-ring (bicyclic) bond motifs is 1. The number of benzene rings is 1. The smallest absolute Gasteiger partial charge is 0.408 e. The van der Waals surface area contributed by atoms with Crippen LogP contribution in [0.1, 0.15) is 58.4 Å². The molecule has 0 unspecified atom stereocenters. The summed E-state index contributed by atoms with van der Waals surface area (Å²) in [6.07, 6.45) is 4.95. The minimum absolute atomic E-state index is 0.0882. The van der Waals surface area contributed by atoms with Crippen LogP contribution in [0.4, 0.5) is 4.79 Å². The highest BCUT2D eigenvalue weighted by molar-refractivity contribution is 5.93. The maximum atomic E-state index is 13.6. The Balaban J connectivity index is 1.81. The van der Waals surface area contributed by atoms with Crippen LogP contribution in [0.25, 0.3) is 22.0 Å². The second-order valence-corrected chi connectivity index (χ2v) is 8.85. The van der Waals surface area contributed by atoms with Crippen LogP contribution in [0.2, 0.25) is 0 Å². The van der Waals surface area contributed by atoms with E-state index in [1.807, 2.05) is 59.1 Å². The van der Waals surface area contributed by atoms with Gasteiger partial charge in [0.2, 0.25) is 0 Å². The van der Waals surface area contributed by atoms with Crippen molar-refractivity contribution in [2.24, 2.45) is 7.05 Å². The quantitative estimate of drug-likeness (QED) is 0.709. The molecule has 8 heteroatoms. The molecule has 4 rings (SSSR count). The first kappa shape index (κ1) is 20.1. The number of nitrogens with one attached hydrogen (secondary N) is 1. The molecule has 0 saturated heterocycles. The summed E-state index contributed by atoms with van der Waals surface area (Å²) >= 11 is 0. The first-order valence-corrected chi connectivity index (χ1v) is 10.2. The summed E-state index contributed by atoms with van der Waals surface area (Å²) in [6.45, 7) is 7.25. The van der Waals surface area contributed by atoms with Gasteiger partial charge in [-0.05, 0) is 52.2 Å². The highest BCUT2D eigenvalue weighted by atomic mass is 16.6. The number of rotatable bonds is 4. The molecule has 30 heavy (non-hydrogen) atoms. The fraction of sp³-hybridized carbons (Fsp3) is 0.455. The molecule has 1 atom stereocenters. The summed E-state index contributed by atoms with van der Waals surface area (Å²) in [5, 5.41) is 7.63. The van der Waals surface area contributed by atoms with Crippen molar-refractivity contribution < 1.29 is 9.53 Å². The molecule has 3 aromatic rings. The van der Waals surface area contributed by atoms with Crippen LogP contribution in [0.5, 0.6) is 0 Å². The lowest BCUT2D eigenvalue weighted by molar-refractivity contribution is 0.0504. The number of hydrogen-bond acceptors (Lipinski definition) is 5. The molecule has 0 bridgehead atoms. The molecule has 0 radical (unpaired) electrons. The number of nitrogens with zero attached hydrogens (tertiary/aromatic N) is 4. The zero-order valence-corrected chi connectivity index (χ0v) is 18.0. The van der Waals surface area contributed by atoms with Crippen molar-refractivity contribution in [3.63, 3.8) is 0 Å². The average Bonchev–Trinajstić information content (AvgIpc) is 3.39. The van der Waals surface area contributed by atoms with Gasteiger partial charge in [0.25, 0.3) is 5.56 Å². The highest BCUT2D eigenvalue weighted by Gasteiger charge is 2.31. The summed E-state index contributed by atoms with van der Waals surface area (Å²) in [7, 11) is 1.84. The van der Waals surface area contributed by atoms with E-state index >= 15 is 0 Å². The van der Waals surface area contributed by atoms with Crippen LogP contribution in [-0.2, 0) is 11.8 Å². The van der Waals surface area contributed by atoms with Crippen molar-refractivity contribution in [1.82, 2.24) is 24.6 Å². The molecular formula is C22H27N5O3. The second-order valence-electron chi connectivity index (χ2n) is 8.85. The molecule has 2 aromatic heterocycles. The molecule has 1 N–H and O–H groups in total. The Bertz CT molecular complexity index is 1170. The minimum atomic E-state index is -0.602. The van der Waals surface area contributed by atoms with Crippen molar-refractivity contribution in [3.8, 4) is 11.1 Å². The van der Waals surface area contributed by atoms with Gasteiger partial charge in [0, 0.05) is 24.8 Å². The SMILES string of the molecule is C[C@H](NC(=O)OC(C)(C)C)c1nc2cccc(-c3cnn(C)c3)c2c(=O)n1C1CC1. The van der Waals surface area contributed by atoms with Crippen LogP contribution < -0.4 is 10.9 Å². The molecular weight excluding hydrogens is 382 g/mol. The van der Waals surface area contributed by atoms with Crippen molar-refractivity contribution in [2.75, 3.05) is 0 Å². The Kier molecular flexibility index (Phi) is 4.88. The summed E-state index contributed by atoms with van der Waals surface area (Å²) in [6, 6.07) is 5.27. The Morgan fingerprint density at radius 1 is 1.30 bits per heavy atom. The van der Waals surface area contributed by atoms with E-state index in [2.05, 4.69) is 10.4 Å². The normalized spacial score (nSPS) is 15.2. The fourth-order valence-corrected chi connectivity index (χ4v) is 3.60.